The number of hydrogen-bond donors (Lipinski definition) is 1. The van der Waals surface area contributed by atoms with Crippen LogP contribution in [0, 0.1) is 0 Å². The van der Waals surface area contributed by atoms with Gasteiger partial charge in [0, 0.05) is 30.9 Å². The Morgan fingerprint density at radius 2 is 2.29 bits per heavy atom. The van der Waals surface area contributed by atoms with Crippen molar-refractivity contribution in [3.05, 3.63) is 29.8 Å². The number of nitrogen functional groups attached to an aromatic ring is 1. The molecule has 2 rings (SSSR count). The van der Waals surface area contributed by atoms with Crippen LogP contribution in [0.15, 0.2) is 24.3 Å². The van der Waals surface area contributed by atoms with Crippen molar-refractivity contribution in [3.63, 3.8) is 0 Å². The van der Waals surface area contributed by atoms with Crippen molar-refractivity contribution in [2.24, 2.45) is 0 Å². The SMILES string of the molecule is COCCN(C(=O)c1cccc(N)c1)C1CC1. The summed E-state index contributed by atoms with van der Waals surface area (Å²) < 4.78 is 5.04. The first-order valence-corrected chi connectivity index (χ1v) is 5.88. The van der Waals surface area contributed by atoms with Crippen LogP contribution in [0.5, 0.6) is 0 Å². The molecule has 0 unspecified atom stereocenters. The van der Waals surface area contributed by atoms with Crippen molar-refractivity contribution in [2.45, 2.75) is 18.9 Å². The van der Waals surface area contributed by atoms with Crippen molar-refractivity contribution in [1.29, 1.82) is 0 Å². The largest absolute Gasteiger partial charge is 0.399 e. The van der Waals surface area contributed by atoms with E-state index in [9.17, 15) is 4.79 Å². The minimum Gasteiger partial charge on any atom is -0.399 e. The number of hydrogen-bond acceptors (Lipinski definition) is 3. The molecule has 0 radical (unpaired) electrons. The molecular weight excluding hydrogens is 216 g/mol. The highest BCUT2D eigenvalue weighted by Gasteiger charge is 2.32. The average molecular weight is 234 g/mol. The molecule has 0 saturated heterocycles. The normalized spacial score (nSPS) is 14.6. The number of nitrogens with two attached hydrogens (primary N) is 1. The predicted octanol–water partition coefficient (Wildman–Crippen LogP) is 1.52. The van der Waals surface area contributed by atoms with Gasteiger partial charge in [-0.25, -0.2) is 0 Å². The molecule has 0 aliphatic heterocycles. The summed E-state index contributed by atoms with van der Waals surface area (Å²) >= 11 is 0. The van der Waals surface area contributed by atoms with Crippen LogP contribution in [0.4, 0.5) is 5.69 Å². The molecule has 1 aliphatic carbocycles. The predicted molar refractivity (Wildman–Crippen MR) is 66.8 cm³/mol. The van der Waals surface area contributed by atoms with Gasteiger partial charge in [-0.15, -0.1) is 0 Å². The van der Waals surface area contributed by atoms with Gasteiger partial charge in [0.25, 0.3) is 5.91 Å². The molecule has 1 amide bonds. The van der Waals surface area contributed by atoms with E-state index in [1.165, 1.54) is 0 Å². The van der Waals surface area contributed by atoms with Gasteiger partial charge in [0.2, 0.25) is 0 Å². The van der Waals surface area contributed by atoms with Gasteiger partial charge in [-0.2, -0.15) is 0 Å². The Bertz CT molecular complexity index is 402. The third-order valence-electron chi connectivity index (χ3n) is 2.92. The second kappa shape index (κ2) is 5.19. The Morgan fingerprint density at radius 3 is 2.88 bits per heavy atom. The van der Waals surface area contributed by atoms with Gasteiger partial charge in [-0.3, -0.25) is 4.79 Å². The highest BCUT2D eigenvalue weighted by molar-refractivity contribution is 5.95. The molecule has 1 aromatic rings. The van der Waals surface area contributed by atoms with E-state index in [4.69, 9.17) is 10.5 Å². The third-order valence-corrected chi connectivity index (χ3v) is 2.92. The summed E-state index contributed by atoms with van der Waals surface area (Å²) in [6, 6.07) is 7.52. The minimum absolute atomic E-state index is 0.0526. The smallest absolute Gasteiger partial charge is 0.254 e. The number of amides is 1. The average Bonchev–Trinajstić information content (AvgIpc) is 3.14. The van der Waals surface area contributed by atoms with Gasteiger partial charge < -0.3 is 15.4 Å². The topological polar surface area (TPSA) is 55.6 Å². The van der Waals surface area contributed by atoms with Gasteiger partial charge in [0.1, 0.15) is 0 Å². The molecule has 1 aromatic carbocycles. The lowest BCUT2D eigenvalue weighted by Gasteiger charge is -2.22. The van der Waals surface area contributed by atoms with Crippen molar-refractivity contribution in [3.8, 4) is 0 Å². The first-order valence-electron chi connectivity index (χ1n) is 5.88. The molecule has 1 saturated carbocycles. The van der Waals surface area contributed by atoms with Gasteiger partial charge in [0.15, 0.2) is 0 Å². The summed E-state index contributed by atoms with van der Waals surface area (Å²) in [4.78, 5) is 14.2. The van der Waals surface area contributed by atoms with Crippen LogP contribution >= 0.6 is 0 Å². The summed E-state index contributed by atoms with van der Waals surface area (Å²) in [6.45, 7) is 1.22. The molecule has 92 valence electrons. The van der Waals surface area contributed by atoms with Gasteiger partial charge >= 0.3 is 0 Å². The second-order valence-corrected chi connectivity index (χ2v) is 4.35. The minimum atomic E-state index is 0.0526. The number of ether oxygens (including phenoxy) is 1. The number of nitrogens with zero attached hydrogens (tertiary/aromatic N) is 1. The maximum absolute atomic E-state index is 12.3. The lowest BCUT2D eigenvalue weighted by molar-refractivity contribution is 0.0680. The molecule has 4 nitrogen and oxygen atoms in total. The molecule has 0 atom stereocenters. The Morgan fingerprint density at radius 1 is 1.53 bits per heavy atom. The molecule has 1 fully saturated rings. The van der Waals surface area contributed by atoms with E-state index >= 15 is 0 Å². The van der Waals surface area contributed by atoms with Crippen LogP contribution in [0.3, 0.4) is 0 Å². The van der Waals surface area contributed by atoms with E-state index in [-0.39, 0.29) is 5.91 Å². The van der Waals surface area contributed by atoms with Crippen LogP contribution in [0.1, 0.15) is 23.2 Å². The first-order chi connectivity index (χ1) is 8.22. The molecule has 1 aliphatic rings. The van der Waals surface area contributed by atoms with Crippen LogP contribution < -0.4 is 5.73 Å². The summed E-state index contributed by atoms with van der Waals surface area (Å²) in [6.07, 6.45) is 2.19. The zero-order valence-electron chi connectivity index (χ0n) is 10.1. The van der Waals surface area contributed by atoms with E-state index < -0.39 is 0 Å². The van der Waals surface area contributed by atoms with E-state index in [1.807, 2.05) is 11.0 Å². The quantitative estimate of drug-likeness (QED) is 0.786. The number of methoxy groups -OCH3 is 1. The van der Waals surface area contributed by atoms with Crippen molar-refractivity contribution in [2.75, 3.05) is 26.0 Å². The molecule has 4 heteroatoms. The van der Waals surface area contributed by atoms with Gasteiger partial charge in [0.05, 0.1) is 6.61 Å². The van der Waals surface area contributed by atoms with Crippen LogP contribution in [0.2, 0.25) is 0 Å². The van der Waals surface area contributed by atoms with Crippen molar-refractivity contribution >= 4 is 11.6 Å². The van der Waals surface area contributed by atoms with Crippen LogP contribution in [0.25, 0.3) is 0 Å². The number of carbonyl (C=O) groups excluding carboxylic acids is 1. The highest BCUT2D eigenvalue weighted by atomic mass is 16.5. The van der Waals surface area contributed by atoms with Crippen molar-refractivity contribution in [1.82, 2.24) is 4.90 Å². The fraction of sp³-hybridized carbons (Fsp3) is 0.462. The molecule has 0 heterocycles. The number of rotatable bonds is 5. The second-order valence-electron chi connectivity index (χ2n) is 4.35. The highest BCUT2D eigenvalue weighted by Crippen LogP contribution is 2.28. The van der Waals surface area contributed by atoms with E-state index in [1.54, 1.807) is 25.3 Å². The lowest BCUT2D eigenvalue weighted by Crippen LogP contribution is -2.35. The molecule has 0 bridgehead atoms. The first kappa shape index (κ1) is 11.9. The lowest BCUT2D eigenvalue weighted by atomic mass is 10.1. The summed E-state index contributed by atoms with van der Waals surface area (Å²) in [5.74, 6) is 0.0526. The summed E-state index contributed by atoms with van der Waals surface area (Å²) in [5.41, 5.74) is 6.98. The standard InChI is InChI=1S/C13H18N2O2/c1-17-8-7-15(12-5-6-12)13(16)10-3-2-4-11(14)9-10/h2-4,9,12H,5-8,14H2,1H3. The Kier molecular flexibility index (Phi) is 3.64. The number of anilines is 1. The Hall–Kier alpha value is -1.55. The third kappa shape index (κ3) is 2.97. The fourth-order valence-corrected chi connectivity index (χ4v) is 1.86. The molecule has 2 N–H and O–H groups in total. The molecule has 17 heavy (non-hydrogen) atoms. The maximum Gasteiger partial charge on any atom is 0.254 e. The summed E-state index contributed by atoms with van der Waals surface area (Å²) in [5, 5.41) is 0. The van der Waals surface area contributed by atoms with Gasteiger partial charge in [-0.05, 0) is 31.0 Å². The molecule has 0 aromatic heterocycles. The number of benzene rings is 1. The molecular formula is C13H18N2O2. The number of carbonyl (C=O) groups is 1. The fourth-order valence-electron chi connectivity index (χ4n) is 1.86. The zero-order chi connectivity index (χ0) is 12.3. The van der Waals surface area contributed by atoms with Crippen molar-refractivity contribution < 1.29 is 9.53 Å². The zero-order valence-corrected chi connectivity index (χ0v) is 10.1. The van der Waals surface area contributed by atoms with E-state index in [2.05, 4.69) is 0 Å². The summed E-state index contributed by atoms with van der Waals surface area (Å²) in [7, 11) is 1.65. The van der Waals surface area contributed by atoms with Gasteiger partial charge in [-0.1, -0.05) is 6.07 Å². The monoisotopic (exact) mass is 234 g/mol. The Balaban J connectivity index is 2.10. The van der Waals surface area contributed by atoms with E-state index in [0.29, 0.717) is 30.4 Å². The maximum atomic E-state index is 12.3. The van der Waals surface area contributed by atoms with Crippen LogP contribution in [-0.2, 0) is 4.74 Å². The van der Waals surface area contributed by atoms with E-state index in [0.717, 1.165) is 12.8 Å². The molecule has 0 spiro atoms. The Labute approximate surface area is 101 Å². The van der Waals surface area contributed by atoms with Crippen LogP contribution in [-0.4, -0.2) is 37.1 Å².